The van der Waals surface area contributed by atoms with Crippen LogP contribution in [-0.2, 0) is 19.3 Å². The predicted octanol–water partition coefficient (Wildman–Crippen LogP) is 3.86. The topological polar surface area (TPSA) is 70.9 Å². The van der Waals surface area contributed by atoms with Gasteiger partial charge >= 0.3 is 0 Å². The second-order valence-corrected chi connectivity index (χ2v) is 7.73. The Hall–Kier alpha value is -1.79. The molecule has 1 atom stereocenters. The Morgan fingerprint density at radius 3 is 2.84 bits per heavy atom. The van der Waals surface area contributed by atoms with Gasteiger partial charge in [0.05, 0.1) is 22.9 Å². The Balaban J connectivity index is 1.93. The van der Waals surface area contributed by atoms with E-state index in [0.717, 1.165) is 53.0 Å². The maximum absolute atomic E-state index is 9.51. The molecule has 0 radical (unpaired) electrons. The third-order valence-electron chi connectivity index (χ3n) is 5.10. The predicted molar refractivity (Wildman–Crippen MR) is 104 cm³/mol. The molecule has 0 saturated heterocycles. The van der Waals surface area contributed by atoms with Crippen molar-refractivity contribution in [2.45, 2.75) is 58.4 Å². The molecular weight excluding hydrogens is 332 g/mol. The molecule has 0 aromatic carbocycles. The van der Waals surface area contributed by atoms with Gasteiger partial charge in [-0.15, -0.1) is 11.3 Å². The summed E-state index contributed by atoms with van der Waals surface area (Å²) < 4.78 is 1.06. The Bertz CT molecular complexity index is 917. The fourth-order valence-corrected chi connectivity index (χ4v) is 4.92. The highest BCUT2D eigenvalue weighted by atomic mass is 32.1. The normalized spacial score (nSPS) is 15.0. The maximum atomic E-state index is 9.51. The van der Waals surface area contributed by atoms with Gasteiger partial charge in [0.15, 0.2) is 0 Å². The fraction of sp³-hybridized carbons (Fsp3) is 0.526. The largest absolute Gasteiger partial charge is 0.394 e. The zero-order valence-corrected chi connectivity index (χ0v) is 15.6. The second kappa shape index (κ2) is 6.84. The van der Waals surface area contributed by atoms with Crippen molar-refractivity contribution in [3.63, 3.8) is 0 Å². The molecule has 3 aromatic rings. The number of hydrogen-bond donors (Lipinski definition) is 2. The van der Waals surface area contributed by atoms with Gasteiger partial charge in [-0.25, -0.2) is 15.0 Å². The summed E-state index contributed by atoms with van der Waals surface area (Å²) in [4.78, 5) is 15.1. The van der Waals surface area contributed by atoms with Crippen LogP contribution in [-0.4, -0.2) is 32.7 Å². The number of pyridine rings is 1. The monoisotopic (exact) mass is 356 g/mol. The summed E-state index contributed by atoms with van der Waals surface area (Å²) in [6, 6.07) is 0.0117. The summed E-state index contributed by atoms with van der Waals surface area (Å²) >= 11 is 1.68. The van der Waals surface area contributed by atoms with E-state index in [4.69, 9.17) is 4.98 Å². The highest BCUT2D eigenvalue weighted by Gasteiger charge is 2.24. The molecule has 3 heterocycles. The van der Waals surface area contributed by atoms with Crippen LogP contribution in [0.2, 0.25) is 0 Å². The van der Waals surface area contributed by atoms with E-state index in [9.17, 15) is 5.11 Å². The molecule has 0 amide bonds. The molecule has 5 nitrogen and oxygen atoms in total. The number of fused-ring (bicyclic) bond motifs is 5. The van der Waals surface area contributed by atoms with Gasteiger partial charge in [-0.1, -0.05) is 20.3 Å². The molecule has 1 aliphatic rings. The second-order valence-electron chi connectivity index (χ2n) is 6.73. The zero-order valence-electron chi connectivity index (χ0n) is 14.8. The lowest BCUT2D eigenvalue weighted by Crippen LogP contribution is -2.23. The highest BCUT2D eigenvalue weighted by Crippen LogP contribution is 2.41. The van der Waals surface area contributed by atoms with Crippen LogP contribution in [0.4, 0.5) is 5.82 Å². The molecule has 3 aromatic heterocycles. The van der Waals surface area contributed by atoms with Crippen LogP contribution in [0, 0.1) is 0 Å². The molecule has 0 unspecified atom stereocenters. The molecule has 2 N–H and O–H groups in total. The summed E-state index contributed by atoms with van der Waals surface area (Å²) in [7, 11) is 0. The van der Waals surface area contributed by atoms with Crippen molar-refractivity contribution in [3.05, 3.63) is 23.1 Å². The smallest absolute Gasteiger partial charge is 0.147 e. The summed E-state index contributed by atoms with van der Waals surface area (Å²) in [5.74, 6) is 0.817. The Labute approximate surface area is 151 Å². The van der Waals surface area contributed by atoms with Crippen molar-refractivity contribution >= 4 is 37.6 Å². The molecule has 0 aliphatic heterocycles. The van der Waals surface area contributed by atoms with Crippen LogP contribution in [0.3, 0.4) is 0 Å². The van der Waals surface area contributed by atoms with Crippen molar-refractivity contribution in [1.29, 1.82) is 0 Å². The average Bonchev–Trinajstić information content (AvgIpc) is 3.24. The molecule has 6 heteroatoms. The van der Waals surface area contributed by atoms with E-state index in [1.54, 1.807) is 17.7 Å². The Kier molecular flexibility index (Phi) is 4.56. The minimum absolute atomic E-state index is 0.0117. The van der Waals surface area contributed by atoms with E-state index in [-0.39, 0.29) is 12.6 Å². The lowest BCUT2D eigenvalue weighted by atomic mass is 10.0. The van der Waals surface area contributed by atoms with E-state index in [1.165, 1.54) is 28.6 Å². The van der Waals surface area contributed by atoms with Crippen LogP contribution < -0.4 is 5.32 Å². The molecule has 0 spiro atoms. The van der Waals surface area contributed by atoms with E-state index >= 15 is 0 Å². The van der Waals surface area contributed by atoms with Crippen LogP contribution in [0.15, 0.2) is 6.33 Å². The van der Waals surface area contributed by atoms with Gasteiger partial charge < -0.3 is 10.4 Å². The molecule has 4 rings (SSSR count). The van der Waals surface area contributed by atoms with E-state index in [0.29, 0.717) is 0 Å². The minimum atomic E-state index is 0.0117. The van der Waals surface area contributed by atoms with Crippen LogP contribution in [0.25, 0.3) is 20.4 Å². The lowest BCUT2D eigenvalue weighted by Gasteiger charge is -2.14. The molecule has 1 aliphatic carbocycles. The first-order chi connectivity index (χ1) is 12.3. The minimum Gasteiger partial charge on any atom is -0.394 e. The molecule has 0 fully saturated rings. The quantitative estimate of drug-likeness (QED) is 0.702. The summed E-state index contributed by atoms with van der Waals surface area (Å²) in [5, 5.41) is 14.1. The van der Waals surface area contributed by atoms with E-state index in [1.807, 2.05) is 0 Å². The van der Waals surface area contributed by atoms with Crippen molar-refractivity contribution in [2.24, 2.45) is 0 Å². The fourth-order valence-electron chi connectivity index (χ4n) is 3.79. The molecular formula is C19H24N4OS. The number of nitrogens with one attached hydrogen (secondary N) is 1. The summed E-state index contributed by atoms with van der Waals surface area (Å²) in [5.41, 5.74) is 5.21. The van der Waals surface area contributed by atoms with Gasteiger partial charge in [0.25, 0.3) is 0 Å². The number of aromatic nitrogens is 3. The van der Waals surface area contributed by atoms with Gasteiger partial charge in [-0.05, 0) is 43.2 Å². The first-order valence-corrected chi connectivity index (χ1v) is 10.0. The number of hydrogen-bond acceptors (Lipinski definition) is 6. The van der Waals surface area contributed by atoms with Gasteiger partial charge in [0.2, 0.25) is 0 Å². The van der Waals surface area contributed by atoms with E-state index < -0.39 is 0 Å². The Morgan fingerprint density at radius 2 is 2.08 bits per heavy atom. The van der Waals surface area contributed by atoms with E-state index in [2.05, 4.69) is 29.1 Å². The number of aliphatic hydroxyl groups excluding tert-OH is 1. The van der Waals surface area contributed by atoms with Crippen LogP contribution in [0.5, 0.6) is 0 Å². The number of rotatable bonds is 6. The SMILES string of the molecule is CCCc1nc2sc3c(N[C@H](CC)CO)ncnc3c2c2c1CCC2. The molecule has 0 saturated carbocycles. The van der Waals surface area contributed by atoms with Crippen molar-refractivity contribution in [3.8, 4) is 0 Å². The number of aryl methyl sites for hydroxylation is 2. The first kappa shape index (κ1) is 16.7. The van der Waals surface area contributed by atoms with Crippen LogP contribution >= 0.6 is 11.3 Å². The first-order valence-electron chi connectivity index (χ1n) is 9.22. The van der Waals surface area contributed by atoms with Gasteiger partial charge in [0.1, 0.15) is 17.0 Å². The maximum Gasteiger partial charge on any atom is 0.147 e. The number of aliphatic hydroxyl groups is 1. The highest BCUT2D eigenvalue weighted by molar-refractivity contribution is 7.26. The van der Waals surface area contributed by atoms with Gasteiger partial charge in [-0.2, -0.15) is 0 Å². The number of nitrogens with zero attached hydrogens (tertiary/aromatic N) is 3. The number of thiophene rings is 1. The third kappa shape index (κ3) is 2.77. The standard InChI is InChI=1S/C19H24N4OS/c1-3-6-14-12-7-5-8-13(12)15-16-17(25-19(15)23-14)18(21-10-20-16)22-11(4-2)9-24/h10-11,24H,3-9H2,1-2H3,(H,20,21,22)/t11-/m1/s1. The Morgan fingerprint density at radius 1 is 1.24 bits per heavy atom. The lowest BCUT2D eigenvalue weighted by molar-refractivity contribution is 0.271. The van der Waals surface area contributed by atoms with Crippen molar-refractivity contribution in [2.75, 3.05) is 11.9 Å². The van der Waals surface area contributed by atoms with Crippen molar-refractivity contribution in [1.82, 2.24) is 15.0 Å². The van der Waals surface area contributed by atoms with Gasteiger partial charge in [0, 0.05) is 11.1 Å². The third-order valence-corrected chi connectivity index (χ3v) is 6.18. The van der Waals surface area contributed by atoms with Crippen LogP contribution in [0.1, 0.15) is 49.9 Å². The number of anilines is 1. The van der Waals surface area contributed by atoms with Crippen molar-refractivity contribution < 1.29 is 5.11 Å². The van der Waals surface area contributed by atoms with Gasteiger partial charge in [-0.3, -0.25) is 0 Å². The average molecular weight is 356 g/mol. The summed E-state index contributed by atoms with van der Waals surface area (Å²) in [6.07, 6.45) is 8.12. The molecule has 132 valence electrons. The zero-order chi connectivity index (χ0) is 17.4. The summed E-state index contributed by atoms with van der Waals surface area (Å²) in [6.45, 7) is 4.37. The molecule has 0 bridgehead atoms. The molecule has 25 heavy (non-hydrogen) atoms.